The highest BCUT2D eigenvalue weighted by molar-refractivity contribution is 8.18. The third kappa shape index (κ3) is 5.69. The van der Waals surface area contributed by atoms with Crippen LogP contribution >= 0.6 is 11.8 Å². The van der Waals surface area contributed by atoms with Crippen molar-refractivity contribution in [3.8, 4) is 5.75 Å². The van der Waals surface area contributed by atoms with Crippen molar-refractivity contribution in [2.24, 2.45) is 4.99 Å². The standard InChI is InChI=1S/C25H30N2O5S/c1-6-31-20-10-8-19(9-11-20)26-24-22(25(29)32-7-2)23(28)21(33-24)15-18-14-16(3)27(17(18)4)12-13-30-5/h8-11,14-15,28H,6-7,12-13H2,1-5H3/b21-15-,26-24?. The molecule has 1 aromatic carbocycles. The third-order valence-electron chi connectivity index (χ3n) is 5.17. The second kappa shape index (κ2) is 11.2. The molecule has 8 heteroatoms. The molecule has 0 aliphatic carbocycles. The fraction of sp³-hybridized carbons (Fsp3) is 0.360. The Hall–Kier alpha value is -2.97. The third-order valence-corrected chi connectivity index (χ3v) is 6.19. The van der Waals surface area contributed by atoms with Crippen LogP contribution in [0.5, 0.6) is 5.75 Å². The molecule has 0 spiro atoms. The lowest BCUT2D eigenvalue weighted by atomic mass is 10.2. The van der Waals surface area contributed by atoms with Crippen molar-refractivity contribution in [1.82, 2.24) is 4.57 Å². The summed E-state index contributed by atoms with van der Waals surface area (Å²) < 4.78 is 18.0. The summed E-state index contributed by atoms with van der Waals surface area (Å²) >= 11 is 1.25. The van der Waals surface area contributed by atoms with Crippen molar-refractivity contribution in [1.29, 1.82) is 0 Å². The Balaban J connectivity index is 1.99. The van der Waals surface area contributed by atoms with Crippen molar-refractivity contribution >= 4 is 34.5 Å². The van der Waals surface area contributed by atoms with Crippen LogP contribution in [0.15, 0.2) is 51.6 Å². The monoisotopic (exact) mass is 470 g/mol. The van der Waals surface area contributed by atoms with Gasteiger partial charge in [0, 0.05) is 25.0 Å². The summed E-state index contributed by atoms with van der Waals surface area (Å²) in [5.74, 6) is 0.0277. The van der Waals surface area contributed by atoms with Gasteiger partial charge in [-0.25, -0.2) is 9.79 Å². The molecule has 0 saturated carbocycles. The molecule has 1 aliphatic heterocycles. The summed E-state index contributed by atoms with van der Waals surface area (Å²) in [4.78, 5) is 17.8. The number of aryl methyl sites for hydroxylation is 1. The van der Waals surface area contributed by atoms with Crippen LogP contribution in [0.3, 0.4) is 0 Å². The molecule has 2 aromatic rings. The van der Waals surface area contributed by atoms with E-state index in [1.54, 1.807) is 14.0 Å². The van der Waals surface area contributed by atoms with E-state index in [9.17, 15) is 9.90 Å². The molecule has 0 radical (unpaired) electrons. The zero-order valence-corrected chi connectivity index (χ0v) is 20.5. The van der Waals surface area contributed by atoms with E-state index in [0.717, 1.165) is 29.2 Å². The molecular formula is C25H30N2O5S. The molecule has 1 aromatic heterocycles. The van der Waals surface area contributed by atoms with Crippen molar-refractivity contribution in [2.75, 3.05) is 26.9 Å². The van der Waals surface area contributed by atoms with Gasteiger partial charge in [0.1, 0.15) is 22.1 Å². The Morgan fingerprint density at radius 2 is 1.91 bits per heavy atom. The molecule has 1 N–H and O–H groups in total. The van der Waals surface area contributed by atoms with Gasteiger partial charge in [0.2, 0.25) is 0 Å². The second-order valence-electron chi connectivity index (χ2n) is 7.37. The Morgan fingerprint density at radius 3 is 2.55 bits per heavy atom. The average molecular weight is 471 g/mol. The van der Waals surface area contributed by atoms with E-state index in [0.29, 0.717) is 28.9 Å². The number of benzene rings is 1. The first-order chi connectivity index (χ1) is 15.9. The van der Waals surface area contributed by atoms with Crippen LogP contribution in [0.25, 0.3) is 6.08 Å². The van der Waals surface area contributed by atoms with E-state index in [-0.39, 0.29) is 17.9 Å². The maximum Gasteiger partial charge on any atom is 0.344 e. The highest BCUT2D eigenvalue weighted by Crippen LogP contribution is 2.40. The summed E-state index contributed by atoms with van der Waals surface area (Å²) in [6, 6.07) is 9.31. The fourth-order valence-corrected chi connectivity index (χ4v) is 4.56. The first kappa shape index (κ1) is 24.7. The zero-order chi connectivity index (χ0) is 24.0. The van der Waals surface area contributed by atoms with Crippen LogP contribution in [-0.4, -0.2) is 47.6 Å². The number of aromatic nitrogens is 1. The number of nitrogens with zero attached hydrogens (tertiary/aromatic N) is 2. The number of carbonyl (C=O) groups excluding carboxylic acids is 1. The van der Waals surface area contributed by atoms with Gasteiger partial charge < -0.3 is 23.9 Å². The van der Waals surface area contributed by atoms with Crippen LogP contribution < -0.4 is 4.74 Å². The molecule has 7 nitrogen and oxygen atoms in total. The minimum Gasteiger partial charge on any atom is -0.506 e. The minimum atomic E-state index is -0.596. The minimum absolute atomic E-state index is 0.0789. The molecule has 1 aliphatic rings. The van der Waals surface area contributed by atoms with Crippen molar-refractivity contribution in [3.63, 3.8) is 0 Å². The average Bonchev–Trinajstić information content (AvgIpc) is 3.23. The molecule has 176 valence electrons. The van der Waals surface area contributed by atoms with Gasteiger partial charge in [0.15, 0.2) is 0 Å². The molecule has 0 saturated heterocycles. The Morgan fingerprint density at radius 1 is 1.18 bits per heavy atom. The number of hydrogen-bond acceptors (Lipinski definition) is 7. The molecule has 0 bridgehead atoms. The van der Waals surface area contributed by atoms with Crippen molar-refractivity contribution in [2.45, 2.75) is 34.2 Å². The van der Waals surface area contributed by atoms with Crippen molar-refractivity contribution < 1.29 is 24.1 Å². The number of aliphatic hydroxyl groups is 1. The summed E-state index contributed by atoms with van der Waals surface area (Å²) in [6.07, 6.45) is 1.88. The van der Waals surface area contributed by atoms with Crippen LogP contribution in [0, 0.1) is 13.8 Å². The fourth-order valence-electron chi connectivity index (χ4n) is 3.53. The molecule has 0 atom stereocenters. The van der Waals surface area contributed by atoms with Gasteiger partial charge in [0.05, 0.1) is 30.4 Å². The number of hydrogen-bond donors (Lipinski definition) is 1. The van der Waals surface area contributed by atoms with E-state index in [1.165, 1.54) is 11.8 Å². The van der Waals surface area contributed by atoms with E-state index < -0.39 is 5.97 Å². The van der Waals surface area contributed by atoms with Crippen LogP contribution in [0.4, 0.5) is 5.69 Å². The summed E-state index contributed by atoms with van der Waals surface area (Å²) in [6.45, 7) is 9.84. The number of thioether (sulfide) groups is 1. The predicted octanol–water partition coefficient (Wildman–Crippen LogP) is 5.34. The van der Waals surface area contributed by atoms with E-state index in [4.69, 9.17) is 14.2 Å². The molecule has 3 rings (SSSR count). The van der Waals surface area contributed by atoms with Gasteiger partial charge in [0.25, 0.3) is 0 Å². The van der Waals surface area contributed by atoms with Gasteiger partial charge in [-0.3, -0.25) is 0 Å². The Kier molecular flexibility index (Phi) is 8.41. The number of ether oxygens (including phenoxy) is 3. The maximum atomic E-state index is 12.6. The van der Waals surface area contributed by atoms with E-state index >= 15 is 0 Å². The van der Waals surface area contributed by atoms with E-state index in [1.807, 2.05) is 51.1 Å². The maximum absolute atomic E-state index is 12.6. The lowest BCUT2D eigenvalue weighted by Crippen LogP contribution is -2.12. The zero-order valence-electron chi connectivity index (χ0n) is 19.7. The smallest absolute Gasteiger partial charge is 0.344 e. The first-order valence-corrected chi connectivity index (χ1v) is 11.7. The van der Waals surface area contributed by atoms with Gasteiger partial charge in [-0.1, -0.05) is 11.8 Å². The number of aliphatic imine (C=N–C) groups is 1. The van der Waals surface area contributed by atoms with Crippen LogP contribution in [-0.2, 0) is 20.8 Å². The number of methoxy groups -OCH3 is 1. The summed E-state index contributed by atoms with van der Waals surface area (Å²) in [5.41, 5.74) is 3.84. The molecular weight excluding hydrogens is 440 g/mol. The van der Waals surface area contributed by atoms with Crippen LogP contribution in [0.2, 0.25) is 0 Å². The van der Waals surface area contributed by atoms with Gasteiger partial charge in [-0.15, -0.1) is 0 Å². The number of carbonyl (C=O) groups is 1. The molecule has 2 heterocycles. The van der Waals surface area contributed by atoms with Gasteiger partial charge >= 0.3 is 5.97 Å². The quantitative estimate of drug-likeness (QED) is 0.498. The molecule has 0 fully saturated rings. The highest BCUT2D eigenvalue weighted by atomic mass is 32.2. The molecule has 0 unspecified atom stereocenters. The first-order valence-electron chi connectivity index (χ1n) is 10.9. The lowest BCUT2D eigenvalue weighted by Gasteiger charge is -2.08. The topological polar surface area (TPSA) is 82.3 Å². The predicted molar refractivity (Wildman–Crippen MR) is 132 cm³/mol. The van der Waals surface area contributed by atoms with E-state index in [2.05, 4.69) is 15.6 Å². The summed E-state index contributed by atoms with van der Waals surface area (Å²) in [5, 5.41) is 11.3. The second-order valence-corrected chi connectivity index (χ2v) is 8.40. The Bertz CT molecular complexity index is 1100. The molecule has 0 amide bonds. The van der Waals surface area contributed by atoms with Crippen molar-refractivity contribution in [3.05, 3.63) is 63.5 Å². The summed E-state index contributed by atoms with van der Waals surface area (Å²) in [7, 11) is 1.68. The van der Waals surface area contributed by atoms with Gasteiger partial charge in [-0.05, 0) is 69.7 Å². The van der Waals surface area contributed by atoms with Gasteiger partial charge in [-0.2, -0.15) is 0 Å². The normalized spacial score (nSPS) is 16.2. The Labute approximate surface area is 198 Å². The lowest BCUT2D eigenvalue weighted by molar-refractivity contribution is -0.138. The highest BCUT2D eigenvalue weighted by Gasteiger charge is 2.33. The van der Waals surface area contributed by atoms with Crippen LogP contribution in [0.1, 0.15) is 30.8 Å². The number of aliphatic hydroxyl groups excluding tert-OH is 1. The largest absolute Gasteiger partial charge is 0.506 e. The number of esters is 1. The molecule has 33 heavy (non-hydrogen) atoms. The number of rotatable bonds is 9. The SMILES string of the molecule is CCOC(=O)C1=C(O)/C(=C/c2cc(C)n(CCOC)c2C)SC1=Nc1ccc(OCC)cc1.